The van der Waals surface area contributed by atoms with Crippen LogP contribution in [0.5, 0.6) is 5.75 Å². The second-order valence-corrected chi connectivity index (χ2v) is 6.02. The number of amides is 2. The zero-order valence-corrected chi connectivity index (χ0v) is 14.5. The van der Waals surface area contributed by atoms with Crippen LogP contribution in [0, 0.1) is 0 Å². The van der Waals surface area contributed by atoms with Crippen LogP contribution in [0.1, 0.15) is 24.2 Å². The fraction of sp³-hybridized carbons (Fsp3) is 0.389. The van der Waals surface area contributed by atoms with E-state index in [1.165, 1.54) is 0 Å². The van der Waals surface area contributed by atoms with E-state index in [4.69, 9.17) is 16.3 Å². The summed E-state index contributed by atoms with van der Waals surface area (Å²) in [5, 5.41) is 2.88. The van der Waals surface area contributed by atoms with Gasteiger partial charge in [0, 0.05) is 37.4 Å². The number of carbonyl (C=O) groups excluding carboxylic acids is 1. The summed E-state index contributed by atoms with van der Waals surface area (Å²) in [5.74, 6) is 1.24. The van der Waals surface area contributed by atoms with Crippen molar-refractivity contribution < 1.29 is 9.53 Å². The molecule has 0 saturated carbocycles. The van der Waals surface area contributed by atoms with E-state index in [0.717, 1.165) is 23.6 Å². The number of ether oxygens (including phenoxy) is 1. The van der Waals surface area contributed by atoms with Gasteiger partial charge in [-0.15, -0.1) is 11.6 Å². The van der Waals surface area contributed by atoms with Gasteiger partial charge in [0.1, 0.15) is 5.75 Å². The van der Waals surface area contributed by atoms with Crippen molar-refractivity contribution in [2.45, 2.75) is 19.5 Å². The highest BCUT2D eigenvalue weighted by Crippen LogP contribution is 2.33. The largest absolute Gasteiger partial charge is 0.494 e. The van der Waals surface area contributed by atoms with Gasteiger partial charge in [0.05, 0.1) is 12.6 Å². The van der Waals surface area contributed by atoms with E-state index in [9.17, 15) is 4.79 Å². The molecular formula is C18H22ClN3O2. The maximum absolute atomic E-state index is 12.6. The lowest BCUT2D eigenvalue weighted by Crippen LogP contribution is -2.47. The smallest absolute Gasteiger partial charge is 0.318 e. The maximum Gasteiger partial charge on any atom is 0.318 e. The predicted octanol–water partition coefficient (Wildman–Crippen LogP) is 3.24. The normalized spacial score (nSPS) is 16.6. The molecule has 2 amide bonds. The van der Waals surface area contributed by atoms with Crippen LogP contribution in [0.15, 0.2) is 42.6 Å². The molecule has 0 spiro atoms. The average molecular weight is 348 g/mol. The Bertz CT molecular complexity index is 684. The van der Waals surface area contributed by atoms with Gasteiger partial charge in [-0.25, -0.2) is 4.79 Å². The predicted molar refractivity (Wildman–Crippen MR) is 94.7 cm³/mol. The van der Waals surface area contributed by atoms with E-state index in [2.05, 4.69) is 22.1 Å². The molecule has 6 heteroatoms. The molecule has 5 nitrogen and oxygen atoms in total. The lowest BCUT2D eigenvalue weighted by Gasteiger charge is -2.37. The van der Waals surface area contributed by atoms with Crippen molar-refractivity contribution in [3.05, 3.63) is 53.9 Å². The van der Waals surface area contributed by atoms with Crippen molar-refractivity contribution in [3.63, 3.8) is 0 Å². The van der Waals surface area contributed by atoms with Crippen molar-refractivity contribution in [3.8, 4) is 5.75 Å². The molecule has 24 heavy (non-hydrogen) atoms. The number of rotatable bonds is 5. The molecule has 1 aliphatic heterocycles. The second kappa shape index (κ2) is 7.62. The van der Waals surface area contributed by atoms with Crippen molar-refractivity contribution in [2.75, 3.05) is 25.6 Å². The number of fused-ring (bicyclic) bond motifs is 1. The molecule has 0 saturated heterocycles. The van der Waals surface area contributed by atoms with Crippen LogP contribution in [0.25, 0.3) is 0 Å². The Labute approximate surface area is 147 Å². The summed E-state index contributed by atoms with van der Waals surface area (Å²) >= 11 is 5.70. The average Bonchev–Trinajstić information content (AvgIpc) is 3.08. The van der Waals surface area contributed by atoms with Gasteiger partial charge in [-0.3, -0.25) is 0 Å². The van der Waals surface area contributed by atoms with E-state index in [-0.39, 0.29) is 12.1 Å². The van der Waals surface area contributed by atoms with E-state index in [1.807, 2.05) is 42.2 Å². The van der Waals surface area contributed by atoms with Crippen molar-refractivity contribution in [2.24, 2.45) is 0 Å². The lowest BCUT2D eigenvalue weighted by atomic mass is 10.00. The standard InChI is InChI=1S/C18H22ClN3O2/c1-2-24-15-7-5-14(6-8-15)17-16-4-3-11-21(16)12-13-22(17)18(23)20-10-9-19/h3-8,11,17H,2,9-10,12-13H2,1H3,(H,20,23). The van der Waals surface area contributed by atoms with Gasteiger partial charge in [-0.2, -0.15) is 0 Å². The van der Waals surface area contributed by atoms with Crippen LogP contribution in [0.2, 0.25) is 0 Å². The number of hydrogen-bond acceptors (Lipinski definition) is 2. The SMILES string of the molecule is CCOc1ccc(C2c3cccn3CCN2C(=O)NCCCl)cc1. The number of nitrogens with one attached hydrogen (secondary N) is 1. The van der Waals surface area contributed by atoms with Crippen LogP contribution >= 0.6 is 11.6 Å². The Morgan fingerprint density at radius 3 is 2.79 bits per heavy atom. The van der Waals surface area contributed by atoms with Gasteiger partial charge in [0.25, 0.3) is 0 Å². The Kier molecular flexibility index (Phi) is 5.30. The van der Waals surface area contributed by atoms with E-state index >= 15 is 0 Å². The number of alkyl halides is 1. The summed E-state index contributed by atoms with van der Waals surface area (Å²) in [6.45, 7) is 4.52. The molecule has 0 radical (unpaired) electrons. The Balaban J connectivity index is 1.91. The first kappa shape index (κ1) is 16.7. The van der Waals surface area contributed by atoms with E-state index < -0.39 is 0 Å². The first-order chi connectivity index (χ1) is 11.7. The molecule has 1 unspecified atom stereocenters. The van der Waals surface area contributed by atoms with Gasteiger partial charge >= 0.3 is 6.03 Å². The van der Waals surface area contributed by atoms with Crippen LogP contribution in [0.3, 0.4) is 0 Å². The quantitative estimate of drug-likeness (QED) is 0.844. The van der Waals surface area contributed by atoms with Crippen molar-refractivity contribution in [1.29, 1.82) is 0 Å². The fourth-order valence-corrected chi connectivity index (χ4v) is 3.22. The van der Waals surface area contributed by atoms with Crippen LogP contribution in [-0.2, 0) is 6.54 Å². The number of aromatic nitrogens is 1. The molecule has 0 fully saturated rings. The van der Waals surface area contributed by atoms with Gasteiger partial charge in [-0.05, 0) is 36.8 Å². The summed E-state index contributed by atoms with van der Waals surface area (Å²) in [6, 6.07) is 11.9. The molecule has 1 aromatic carbocycles. The Morgan fingerprint density at radius 1 is 1.29 bits per heavy atom. The van der Waals surface area contributed by atoms with Gasteiger partial charge in [0.15, 0.2) is 0 Å². The number of urea groups is 1. The summed E-state index contributed by atoms with van der Waals surface area (Å²) < 4.78 is 7.72. The number of halogens is 1. The highest BCUT2D eigenvalue weighted by Gasteiger charge is 2.31. The van der Waals surface area contributed by atoms with Gasteiger partial charge in [-0.1, -0.05) is 12.1 Å². The topological polar surface area (TPSA) is 46.5 Å². The minimum absolute atomic E-state index is 0.0815. The molecular weight excluding hydrogens is 326 g/mol. The number of nitrogens with zero attached hydrogens (tertiary/aromatic N) is 2. The molecule has 2 heterocycles. The first-order valence-electron chi connectivity index (χ1n) is 8.22. The van der Waals surface area contributed by atoms with Crippen LogP contribution in [-0.4, -0.2) is 41.1 Å². The number of carbonyl (C=O) groups is 1. The Morgan fingerprint density at radius 2 is 2.08 bits per heavy atom. The second-order valence-electron chi connectivity index (χ2n) is 5.65. The number of hydrogen-bond donors (Lipinski definition) is 1. The zero-order chi connectivity index (χ0) is 16.9. The van der Waals surface area contributed by atoms with Crippen molar-refractivity contribution in [1.82, 2.24) is 14.8 Å². The van der Waals surface area contributed by atoms with E-state index in [1.54, 1.807) is 0 Å². The third-order valence-electron chi connectivity index (χ3n) is 4.18. The molecule has 0 bridgehead atoms. The summed E-state index contributed by atoms with van der Waals surface area (Å²) in [5.41, 5.74) is 2.19. The van der Waals surface area contributed by atoms with Gasteiger partial charge < -0.3 is 19.5 Å². The maximum atomic E-state index is 12.6. The third-order valence-corrected chi connectivity index (χ3v) is 4.37. The molecule has 1 aromatic heterocycles. The van der Waals surface area contributed by atoms with E-state index in [0.29, 0.717) is 25.6 Å². The number of benzene rings is 1. The first-order valence-corrected chi connectivity index (χ1v) is 8.76. The Hall–Kier alpha value is -2.14. The molecule has 3 rings (SSSR count). The summed E-state index contributed by atoms with van der Waals surface area (Å²) in [7, 11) is 0. The highest BCUT2D eigenvalue weighted by molar-refractivity contribution is 6.18. The van der Waals surface area contributed by atoms with Crippen LogP contribution in [0.4, 0.5) is 4.79 Å². The molecule has 1 atom stereocenters. The summed E-state index contributed by atoms with van der Waals surface area (Å²) in [4.78, 5) is 14.4. The zero-order valence-electron chi connectivity index (χ0n) is 13.7. The fourth-order valence-electron chi connectivity index (χ4n) is 3.12. The lowest BCUT2D eigenvalue weighted by molar-refractivity contribution is 0.169. The third kappa shape index (κ3) is 3.36. The molecule has 128 valence electrons. The molecule has 2 aromatic rings. The molecule has 1 N–H and O–H groups in total. The van der Waals surface area contributed by atoms with Gasteiger partial charge in [0.2, 0.25) is 0 Å². The van der Waals surface area contributed by atoms with Crippen LogP contribution < -0.4 is 10.1 Å². The van der Waals surface area contributed by atoms with Crippen molar-refractivity contribution >= 4 is 17.6 Å². The molecule has 1 aliphatic rings. The minimum Gasteiger partial charge on any atom is -0.494 e. The summed E-state index contributed by atoms with van der Waals surface area (Å²) in [6.07, 6.45) is 2.06. The minimum atomic E-state index is -0.111. The highest BCUT2D eigenvalue weighted by atomic mass is 35.5. The monoisotopic (exact) mass is 347 g/mol. The molecule has 0 aliphatic carbocycles.